The van der Waals surface area contributed by atoms with Gasteiger partial charge < -0.3 is 5.11 Å². The molecule has 0 aromatic carbocycles. The Kier molecular flexibility index (Phi) is 3.27. The Morgan fingerprint density at radius 1 is 1.47 bits per heavy atom. The molecule has 6 heteroatoms. The summed E-state index contributed by atoms with van der Waals surface area (Å²) in [5.74, 6) is -0.780. The number of pyridine rings is 1. The Labute approximate surface area is 114 Å². The molecule has 1 aliphatic rings. The minimum absolute atomic E-state index is 0.0935. The average molecular weight is 275 g/mol. The summed E-state index contributed by atoms with van der Waals surface area (Å²) in [6.07, 6.45) is 2.57. The number of aromatic nitrogens is 2. The molecule has 1 aliphatic heterocycles. The smallest absolute Gasteiger partial charge is 0.317 e. The molecular weight excluding hydrogens is 262 g/mol. The largest absolute Gasteiger partial charge is 0.480 e. The van der Waals surface area contributed by atoms with Crippen molar-refractivity contribution in [3.63, 3.8) is 0 Å². The minimum atomic E-state index is -0.780. The van der Waals surface area contributed by atoms with Gasteiger partial charge in [0, 0.05) is 30.6 Å². The topological polar surface area (TPSA) is 66.3 Å². The van der Waals surface area contributed by atoms with Crippen LogP contribution in [0.4, 0.5) is 0 Å². The number of nitrogens with zero attached hydrogens (tertiary/aromatic N) is 3. The molecule has 0 fully saturated rings. The number of carboxylic acids is 1. The first-order chi connectivity index (χ1) is 9.22. The fourth-order valence-electron chi connectivity index (χ4n) is 2.17. The van der Waals surface area contributed by atoms with Crippen molar-refractivity contribution in [1.82, 2.24) is 14.9 Å². The molecule has 3 heterocycles. The van der Waals surface area contributed by atoms with Crippen molar-refractivity contribution in [3.05, 3.63) is 35.0 Å². The van der Waals surface area contributed by atoms with E-state index in [9.17, 15) is 4.79 Å². The van der Waals surface area contributed by atoms with Crippen molar-refractivity contribution in [2.75, 3.05) is 13.1 Å². The van der Waals surface area contributed by atoms with Gasteiger partial charge in [-0.3, -0.25) is 14.7 Å². The second kappa shape index (κ2) is 5.07. The normalized spacial score (nSPS) is 15.2. The molecule has 19 heavy (non-hydrogen) atoms. The monoisotopic (exact) mass is 275 g/mol. The van der Waals surface area contributed by atoms with Gasteiger partial charge in [-0.05, 0) is 12.1 Å². The number of thiazole rings is 1. The summed E-state index contributed by atoms with van der Waals surface area (Å²) in [5, 5.41) is 9.75. The Balaban J connectivity index is 1.83. The van der Waals surface area contributed by atoms with Crippen molar-refractivity contribution in [3.8, 4) is 10.7 Å². The van der Waals surface area contributed by atoms with Gasteiger partial charge in [0.05, 0.1) is 17.9 Å². The van der Waals surface area contributed by atoms with E-state index in [4.69, 9.17) is 5.11 Å². The van der Waals surface area contributed by atoms with Gasteiger partial charge >= 0.3 is 5.97 Å². The number of carbonyl (C=O) groups is 1. The molecule has 0 spiro atoms. The van der Waals surface area contributed by atoms with E-state index in [1.165, 1.54) is 0 Å². The highest BCUT2D eigenvalue weighted by molar-refractivity contribution is 7.15. The standard InChI is InChI=1S/C13H13N3O2S/c17-12(18)8-16-6-4-9-11(7-16)19-13(15-9)10-3-1-2-5-14-10/h1-3,5H,4,6-8H2,(H,17,18). The summed E-state index contributed by atoms with van der Waals surface area (Å²) in [6, 6.07) is 5.77. The first-order valence-electron chi connectivity index (χ1n) is 6.06. The third kappa shape index (κ3) is 2.64. The molecular formula is C13H13N3O2S. The third-order valence-corrected chi connectivity index (χ3v) is 4.16. The van der Waals surface area contributed by atoms with Gasteiger partial charge in [0.2, 0.25) is 0 Å². The summed E-state index contributed by atoms with van der Waals surface area (Å²) in [4.78, 5) is 22.8. The molecule has 98 valence electrons. The lowest BCUT2D eigenvalue weighted by atomic mass is 10.2. The molecule has 0 saturated carbocycles. The summed E-state index contributed by atoms with van der Waals surface area (Å²) < 4.78 is 0. The average Bonchev–Trinajstić information content (AvgIpc) is 2.82. The van der Waals surface area contributed by atoms with Crippen LogP contribution in [0.3, 0.4) is 0 Å². The van der Waals surface area contributed by atoms with Crippen molar-refractivity contribution in [1.29, 1.82) is 0 Å². The number of rotatable bonds is 3. The maximum absolute atomic E-state index is 10.7. The van der Waals surface area contributed by atoms with Gasteiger partial charge in [0.25, 0.3) is 0 Å². The number of carboxylic acid groups (broad SMARTS) is 1. The summed E-state index contributed by atoms with van der Waals surface area (Å²) in [6.45, 7) is 1.52. The summed E-state index contributed by atoms with van der Waals surface area (Å²) in [7, 11) is 0. The zero-order chi connectivity index (χ0) is 13.2. The van der Waals surface area contributed by atoms with Gasteiger partial charge in [0.1, 0.15) is 5.01 Å². The molecule has 5 nitrogen and oxygen atoms in total. The van der Waals surface area contributed by atoms with Crippen LogP contribution in [-0.4, -0.2) is 39.0 Å². The van der Waals surface area contributed by atoms with Crippen molar-refractivity contribution >= 4 is 17.3 Å². The molecule has 0 atom stereocenters. The van der Waals surface area contributed by atoms with E-state index < -0.39 is 5.97 Å². The van der Waals surface area contributed by atoms with Crippen molar-refractivity contribution < 1.29 is 9.90 Å². The van der Waals surface area contributed by atoms with E-state index in [-0.39, 0.29) is 6.54 Å². The molecule has 0 saturated heterocycles. The zero-order valence-corrected chi connectivity index (χ0v) is 11.1. The number of aliphatic carboxylic acids is 1. The highest BCUT2D eigenvalue weighted by Gasteiger charge is 2.22. The lowest BCUT2D eigenvalue weighted by Crippen LogP contribution is -2.34. The number of hydrogen-bond donors (Lipinski definition) is 1. The predicted molar refractivity (Wildman–Crippen MR) is 72.0 cm³/mol. The van der Waals surface area contributed by atoms with Gasteiger partial charge in [-0.2, -0.15) is 0 Å². The van der Waals surface area contributed by atoms with Gasteiger partial charge in [-0.1, -0.05) is 6.07 Å². The Morgan fingerprint density at radius 3 is 3.11 bits per heavy atom. The molecule has 0 bridgehead atoms. The van der Waals surface area contributed by atoms with Gasteiger partial charge in [0.15, 0.2) is 0 Å². The van der Waals surface area contributed by atoms with Crippen molar-refractivity contribution in [2.45, 2.75) is 13.0 Å². The maximum Gasteiger partial charge on any atom is 0.317 e. The number of hydrogen-bond acceptors (Lipinski definition) is 5. The first kappa shape index (κ1) is 12.3. The highest BCUT2D eigenvalue weighted by atomic mass is 32.1. The van der Waals surface area contributed by atoms with Gasteiger partial charge in [-0.25, -0.2) is 4.98 Å². The Morgan fingerprint density at radius 2 is 2.37 bits per heavy atom. The van der Waals surface area contributed by atoms with Crippen LogP contribution in [-0.2, 0) is 17.8 Å². The lowest BCUT2D eigenvalue weighted by Gasteiger charge is -2.23. The first-order valence-corrected chi connectivity index (χ1v) is 6.88. The van der Waals surface area contributed by atoms with E-state index in [2.05, 4.69) is 9.97 Å². The molecule has 0 aliphatic carbocycles. The summed E-state index contributed by atoms with van der Waals surface area (Å²) >= 11 is 1.61. The van der Waals surface area contributed by atoms with E-state index >= 15 is 0 Å². The third-order valence-electron chi connectivity index (χ3n) is 3.05. The molecule has 0 unspecified atom stereocenters. The quantitative estimate of drug-likeness (QED) is 0.922. The van der Waals surface area contributed by atoms with Crippen molar-refractivity contribution in [2.24, 2.45) is 0 Å². The Bertz CT molecular complexity index is 597. The highest BCUT2D eigenvalue weighted by Crippen LogP contribution is 2.30. The van der Waals surface area contributed by atoms with Crippen LogP contribution in [0.5, 0.6) is 0 Å². The maximum atomic E-state index is 10.7. The summed E-state index contributed by atoms with van der Waals surface area (Å²) in [5.41, 5.74) is 1.97. The lowest BCUT2D eigenvalue weighted by molar-refractivity contribution is -0.138. The van der Waals surface area contributed by atoms with E-state index in [0.29, 0.717) is 6.54 Å². The van der Waals surface area contributed by atoms with Crippen LogP contribution < -0.4 is 0 Å². The SMILES string of the molecule is O=C(O)CN1CCc2nc(-c3ccccn3)sc2C1. The second-order valence-corrected chi connectivity index (χ2v) is 5.54. The molecule has 1 N–H and O–H groups in total. The minimum Gasteiger partial charge on any atom is -0.480 e. The molecule has 3 rings (SSSR count). The van der Waals surface area contributed by atoms with Crippen LogP contribution in [0.15, 0.2) is 24.4 Å². The van der Waals surface area contributed by atoms with Crippen LogP contribution in [0, 0.1) is 0 Å². The van der Waals surface area contributed by atoms with Crippen LogP contribution >= 0.6 is 11.3 Å². The van der Waals surface area contributed by atoms with Crippen LogP contribution in [0.2, 0.25) is 0 Å². The van der Waals surface area contributed by atoms with E-state index in [1.807, 2.05) is 23.1 Å². The number of fused-ring (bicyclic) bond motifs is 1. The van der Waals surface area contributed by atoms with Crippen LogP contribution in [0.1, 0.15) is 10.6 Å². The molecule has 0 amide bonds. The van der Waals surface area contributed by atoms with Crippen LogP contribution in [0.25, 0.3) is 10.7 Å². The molecule has 2 aromatic rings. The van der Waals surface area contributed by atoms with E-state index in [0.717, 1.165) is 34.2 Å². The predicted octanol–water partition coefficient (Wildman–Crippen LogP) is 1.65. The van der Waals surface area contributed by atoms with Gasteiger partial charge in [-0.15, -0.1) is 11.3 Å². The Hall–Kier alpha value is -1.79. The molecule has 0 radical (unpaired) electrons. The zero-order valence-electron chi connectivity index (χ0n) is 10.2. The van der Waals surface area contributed by atoms with E-state index in [1.54, 1.807) is 17.5 Å². The molecule has 2 aromatic heterocycles. The fourth-order valence-corrected chi connectivity index (χ4v) is 3.30. The second-order valence-electron chi connectivity index (χ2n) is 4.46. The fraction of sp³-hybridized carbons (Fsp3) is 0.308.